The molecule has 3 heterocycles. The summed E-state index contributed by atoms with van der Waals surface area (Å²) in [6.45, 7) is 1.43. The van der Waals surface area contributed by atoms with Gasteiger partial charge in [0.15, 0.2) is 5.58 Å². The number of aromatic nitrogens is 1. The van der Waals surface area contributed by atoms with Gasteiger partial charge in [-0.05, 0) is 49.2 Å². The number of para-hydroxylation sites is 2. The zero-order valence-electron chi connectivity index (χ0n) is 15.6. The molecule has 2 aromatic carbocycles. The number of anilines is 2. The van der Waals surface area contributed by atoms with Gasteiger partial charge in [0.05, 0.1) is 0 Å². The van der Waals surface area contributed by atoms with Crippen molar-refractivity contribution in [2.45, 2.75) is 12.8 Å². The lowest BCUT2D eigenvalue weighted by Crippen LogP contribution is -2.38. The van der Waals surface area contributed by atoms with E-state index in [1.165, 1.54) is 6.07 Å². The summed E-state index contributed by atoms with van der Waals surface area (Å²) in [4.78, 5) is 30.6. The number of piperidine rings is 1. The third-order valence-electron chi connectivity index (χ3n) is 5.31. The van der Waals surface area contributed by atoms with Crippen LogP contribution in [0, 0.1) is 5.92 Å². The molecule has 146 valence electrons. The SMILES string of the molecule is O=C(Nc1ccc2oc(=O)ccc2c1)C1CCN(c2nc3ccccc3o2)CC1. The third-order valence-corrected chi connectivity index (χ3v) is 5.31. The Morgan fingerprint density at radius 2 is 1.83 bits per heavy atom. The molecule has 1 saturated heterocycles. The maximum absolute atomic E-state index is 12.7. The number of hydrogen-bond acceptors (Lipinski definition) is 6. The predicted octanol–water partition coefficient (Wildman–Crippen LogP) is 3.79. The highest BCUT2D eigenvalue weighted by Gasteiger charge is 2.27. The van der Waals surface area contributed by atoms with E-state index in [2.05, 4.69) is 15.2 Å². The Kier molecular flexibility index (Phi) is 4.27. The van der Waals surface area contributed by atoms with Gasteiger partial charge in [-0.15, -0.1) is 0 Å². The van der Waals surface area contributed by atoms with Crippen LogP contribution in [0.3, 0.4) is 0 Å². The van der Waals surface area contributed by atoms with Crippen molar-refractivity contribution >= 4 is 39.7 Å². The van der Waals surface area contributed by atoms with Crippen LogP contribution >= 0.6 is 0 Å². The van der Waals surface area contributed by atoms with Crippen LogP contribution in [0.5, 0.6) is 0 Å². The first-order valence-electron chi connectivity index (χ1n) is 9.61. The number of carbonyl (C=O) groups is 1. The van der Waals surface area contributed by atoms with Crippen LogP contribution in [0.4, 0.5) is 11.7 Å². The number of hydrogen-bond donors (Lipinski definition) is 1. The molecule has 7 heteroatoms. The molecule has 1 aliphatic heterocycles. The van der Waals surface area contributed by atoms with E-state index in [0.717, 1.165) is 29.3 Å². The van der Waals surface area contributed by atoms with Gasteiger partial charge in [-0.3, -0.25) is 4.79 Å². The molecule has 0 unspecified atom stereocenters. The maximum Gasteiger partial charge on any atom is 0.336 e. The maximum atomic E-state index is 12.7. The topological polar surface area (TPSA) is 88.6 Å². The van der Waals surface area contributed by atoms with Crippen LogP contribution in [0.15, 0.2) is 68.2 Å². The van der Waals surface area contributed by atoms with Crippen LogP contribution in [-0.4, -0.2) is 24.0 Å². The molecule has 4 aromatic rings. The van der Waals surface area contributed by atoms with Crippen molar-refractivity contribution in [1.82, 2.24) is 4.98 Å². The molecular weight excluding hydrogens is 370 g/mol. The second-order valence-electron chi connectivity index (χ2n) is 7.22. The molecule has 5 rings (SSSR count). The minimum atomic E-state index is -0.389. The number of nitrogens with zero attached hydrogens (tertiary/aromatic N) is 2. The molecule has 1 aliphatic rings. The van der Waals surface area contributed by atoms with E-state index < -0.39 is 0 Å². The molecule has 0 spiro atoms. The van der Waals surface area contributed by atoms with Gasteiger partial charge in [0.2, 0.25) is 5.91 Å². The first-order chi connectivity index (χ1) is 14.2. The summed E-state index contributed by atoms with van der Waals surface area (Å²) in [5.74, 6) is -0.0704. The lowest BCUT2D eigenvalue weighted by atomic mass is 9.96. The van der Waals surface area contributed by atoms with Gasteiger partial charge in [-0.2, -0.15) is 4.98 Å². The van der Waals surface area contributed by atoms with Gasteiger partial charge in [-0.25, -0.2) is 4.79 Å². The lowest BCUT2D eigenvalue weighted by molar-refractivity contribution is -0.120. The molecule has 0 radical (unpaired) electrons. The van der Waals surface area contributed by atoms with Crippen LogP contribution in [0.25, 0.3) is 22.1 Å². The average Bonchev–Trinajstić information content (AvgIpc) is 3.18. The molecule has 1 amide bonds. The summed E-state index contributed by atoms with van der Waals surface area (Å²) >= 11 is 0. The Balaban J connectivity index is 1.24. The molecule has 0 saturated carbocycles. The van der Waals surface area contributed by atoms with Crippen molar-refractivity contribution in [3.8, 4) is 0 Å². The van der Waals surface area contributed by atoms with E-state index in [9.17, 15) is 9.59 Å². The first-order valence-corrected chi connectivity index (χ1v) is 9.61. The number of carbonyl (C=O) groups excluding carboxylic acids is 1. The minimum Gasteiger partial charge on any atom is -0.423 e. The summed E-state index contributed by atoms with van der Waals surface area (Å²) < 4.78 is 11.0. The van der Waals surface area contributed by atoms with E-state index in [0.29, 0.717) is 30.4 Å². The summed E-state index contributed by atoms with van der Waals surface area (Å²) in [7, 11) is 0. The summed E-state index contributed by atoms with van der Waals surface area (Å²) in [5.41, 5.74) is 2.42. The van der Waals surface area contributed by atoms with Gasteiger partial charge in [0.25, 0.3) is 6.01 Å². The van der Waals surface area contributed by atoms with Gasteiger partial charge in [0.1, 0.15) is 11.1 Å². The molecule has 0 atom stereocenters. The summed E-state index contributed by atoms with van der Waals surface area (Å²) in [6, 6.07) is 16.6. The predicted molar refractivity (Wildman–Crippen MR) is 110 cm³/mol. The molecule has 2 aromatic heterocycles. The summed E-state index contributed by atoms with van der Waals surface area (Å²) in [6.07, 6.45) is 1.46. The Bertz CT molecular complexity index is 1220. The van der Waals surface area contributed by atoms with Crippen LogP contribution in [0.1, 0.15) is 12.8 Å². The number of nitrogens with one attached hydrogen (secondary N) is 1. The smallest absolute Gasteiger partial charge is 0.336 e. The molecule has 1 N–H and O–H groups in total. The number of oxazole rings is 1. The fourth-order valence-electron chi connectivity index (χ4n) is 3.72. The van der Waals surface area contributed by atoms with Gasteiger partial charge in [0, 0.05) is 36.1 Å². The number of fused-ring (bicyclic) bond motifs is 2. The molecule has 0 aliphatic carbocycles. The zero-order valence-corrected chi connectivity index (χ0v) is 15.6. The Hall–Kier alpha value is -3.61. The average molecular weight is 389 g/mol. The highest BCUT2D eigenvalue weighted by Crippen LogP contribution is 2.27. The summed E-state index contributed by atoms with van der Waals surface area (Å²) in [5, 5.41) is 3.75. The van der Waals surface area contributed by atoms with Crippen molar-refractivity contribution in [3.63, 3.8) is 0 Å². The Labute approximate surface area is 165 Å². The fraction of sp³-hybridized carbons (Fsp3) is 0.227. The standard InChI is InChI=1S/C22H19N3O4/c26-20-8-5-15-13-16(6-7-18(15)28-20)23-21(27)14-9-11-25(12-10-14)22-24-17-3-1-2-4-19(17)29-22/h1-8,13-14H,9-12H2,(H,23,27). The van der Waals surface area contributed by atoms with Crippen LogP contribution in [-0.2, 0) is 4.79 Å². The number of amides is 1. The van der Waals surface area contributed by atoms with E-state index in [4.69, 9.17) is 8.83 Å². The lowest BCUT2D eigenvalue weighted by Gasteiger charge is -2.30. The third kappa shape index (κ3) is 3.47. The largest absolute Gasteiger partial charge is 0.423 e. The monoisotopic (exact) mass is 389 g/mol. The second-order valence-corrected chi connectivity index (χ2v) is 7.22. The highest BCUT2D eigenvalue weighted by molar-refractivity contribution is 5.94. The zero-order chi connectivity index (χ0) is 19.8. The van der Waals surface area contributed by atoms with Gasteiger partial charge >= 0.3 is 5.63 Å². The molecule has 1 fully saturated rings. The molecule has 29 heavy (non-hydrogen) atoms. The van der Waals surface area contributed by atoms with E-state index >= 15 is 0 Å². The van der Waals surface area contributed by atoms with Crippen molar-refractivity contribution in [3.05, 3.63) is 65.0 Å². The van der Waals surface area contributed by atoms with Crippen LogP contribution < -0.4 is 15.8 Å². The second kappa shape index (κ2) is 7.09. The van der Waals surface area contributed by atoms with Crippen LogP contribution in [0.2, 0.25) is 0 Å². The molecule has 0 bridgehead atoms. The Morgan fingerprint density at radius 3 is 2.66 bits per heavy atom. The molecule has 7 nitrogen and oxygen atoms in total. The number of benzene rings is 2. The first kappa shape index (κ1) is 17.5. The van der Waals surface area contributed by atoms with E-state index in [1.807, 2.05) is 30.3 Å². The van der Waals surface area contributed by atoms with Crippen molar-refractivity contribution < 1.29 is 13.6 Å². The fourth-order valence-corrected chi connectivity index (χ4v) is 3.72. The number of rotatable bonds is 3. The normalized spacial score (nSPS) is 15.1. The van der Waals surface area contributed by atoms with E-state index in [1.54, 1.807) is 18.2 Å². The Morgan fingerprint density at radius 1 is 1.00 bits per heavy atom. The minimum absolute atomic E-state index is 0.000973. The van der Waals surface area contributed by atoms with Crippen molar-refractivity contribution in [1.29, 1.82) is 0 Å². The quantitative estimate of drug-likeness (QED) is 0.536. The van der Waals surface area contributed by atoms with Gasteiger partial charge in [-0.1, -0.05) is 12.1 Å². The van der Waals surface area contributed by atoms with Crippen molar-refractivity contribution in [2.75, 3.05) is 23.3 Å². The van der Waals surface area contributed by atoms with Gasteiger partial charge < -0.3 is 19.1 Å². The van der Waals surface area contributed by atoms with Crippen molar-refractivity contribution in [2.24, 2.45) is 5.92 Å². The highest BCUT2D eigenvalue weighted by atomic mass is 16.4. The van der Waals surface area contributed by atoms with E-state index in [-0.39, 0.29) is 17.5 Å². The molecular formula is C22H19N3O4.